The standard InChI is InChI=1S/C29H30N6.C27H27N7.C25H23FN6/c1-19-20(2)35-27-10-9-25(33-12-11-26(18-33)32(3)4)13-24(27)17-34-16-23(14-28(34)29(35)31-19)22-7-5-21(15-30)6-8-22;1-18-13-32(16-26(18)31(2)3)23-8-9-24-22(10-23)15-33-14-21(20-6-4-19(12-28)5-7-20)11-25(33)27-30-29-17-34(24)27;26-20-4-2-17(3-5-20)18-13-23-24-27-28-29-32(24)22-7-6-21(12-19(22)15-31(23)14-18)30-11-10-25(16-30)8-1-9-25/h5-10,13-14,16,26H,11-12,17-18H2,1-4H3;4-11,14,17-18,26H,13,15-16H2,1-3H3;2-7,12-14H,1,8-11,15-16H2/t26-;18-,26-;/m11./s1. The number of tetrazole rings is 1. The number of imidazole rings is 1. The summed E-state index contributed by atoms with van der Waals surface area (Å²) in [6, 6.07) is 54.6. The zero-order valence-electron chi connectivity index (χ0n) is 58.2. The monoisotopic (exact) mass is 1340 g/mol. The molecular weight excluding hydrogens is 1260 g/mol. The average molecular weight is 1340 g/mol. The third-order valence-electron chi connectivity index (χ3n) is 22.6. The Labute approximate surface area is 587 Å². The number of aromatic nitrogens is 12. The summed E-state index contributed by atoms with van der Waals surface area (Å²) in [5.41, 5.74) is 24.7. The van der Waals surface area contributed by atoms with Crippen LogP contribution >= 0.6 is 0 Å². The lowest BCUT2D eigenvalue weighted by molar-refractivity contribution is 0.165. The number of benzene rings is 6. The van der Waals surface area contributed by atoms with Crippen LogP contribution < -0.4 is 14.7 Å². The van der Waals surface area contributed by atoms with Gasteiger partial charge in [0.1, 0.15) is 12.1 Å². The fourth-order valence-corrected chi connectivity index (χ4v) is 16.6. The van der Waals surface area contributed by atoms with E-state index < -0.39 is 0 Å². The molecule has 0 unspecified atom stereocenters. The first kappa shape index (κ1) is 63.3. The van der Waals surface area contributed by atoms with Gasteiger partial charge in [0, 0.05) is 129 Å². The van der Waals surface area contributed by atoms with Crippen LogP contribution in [0.3, 0.4) is 0 Å². The second-order valence-electron chi connectivity index (χ2n) is 29.2. The Morgan fingerprint density at radius 1 is 0.535 bits per heavy atom. The van der Waals surface area contributed by atoms with Crippen molar-refractivity contribution in [1.82, 2.24) is 68.0 Å². The van der Waals surface area contributed by atoms with Gasteiger partial charge in [-0.1, -0.05) is 49.7 Å². The van der Waals surface area contributed by atoms with Gasteiger partial charge in [-0.3, -0.25) is 9.13 Å². The van der Waals surface area contributed by atoms with E-state index in [0.717, 1.165) is 137 Å². The molecule has 6 aromatic carbocycles. The minimum absolute atomic E-state index is 0.231. The van der Waals surface area contributed by atoms with E-state index in [9.17, 15) is 4.39 Å². The smallest absolute Gasteiger partial charge is 0.203 e. The van der Waals surface area contributed by atoms with Crippen molar-refractivity contribution in [2.75, 3.05) is 82.2 Å². The van der Waals surface area contributed by atoms with Crippen LogP contribution in [0.1, 0.15) is 78.2 Å². The normalized spacial score (nSPS) is 17.8. The molecule has 0 bridgehead atoms. The highest BCUT2D eigenvalue weighted by Crippen LogP contribution is 2.49. The third kappa shape index (κ3) is 11.4. The van der Waals surface area contributed by atoms with E-state index in [1.165, 1.54) is 95.9 Å². The Morgan fingerprint density at radius 2 is 1.08 bits per heavy atom. The van der Waals surface area contributed by atoms with Gasteiger partial charge in [0.2, 0.25) is 5.82 Å². The second kappa shape index (κ2) is 25.2. The highest BCUT2D eigenvalue weighted by Gasteiger charge is 2.43. The lowest BCUT2D eigenvalue weighted by Crippen LogP contribution is -2.34. The maximum atomic E-state index is 13.4. The minimum Gasteiger partial charge on any atom is -0.371 e. The molecule has 0 N–H and O–H groups in total. The SMILES string of the molecule is C[C@@H]1CN(c2ccc3c(c2)Cn2cc(-c4ccc(C#N)cc4)cc2-c2nncn2-3)C[C@H]1N(C)C.Cc1nc2n(c1C)-c1ccc(N3CC[C@@H](N(C)C)C3)cc1Cn1cc(-c3ccc(C#N)cc3)cc1-2.Fc1ccc(-c2cc3n(c2)Cc2cc(N4CCC5(CCC5)C4)ccc2-n2nnnc2-3)cc1. The summed E-state index contributed by atoms with van der Waals surface area (Å²) in [6.07, 6.45) is 15.0. The molecule has 19 nitrogen and oxygen atoms in total. The second-order valence-corrected chi connectivity index (χ2v) is 29.2. The van der Waals surface area contributed by atoms with Crippen LogP contribution in [0.2, 0.25) is 0 Å². The topological polar surface area (TPSA) is 171 Å². The van der Waals surface area contributed by atoms with E-state index in [1.807, 2.05) is 65.3 Å². The Balaban J connectivity index is 0.000000113. The highest BCUT2D eigenvalue weighted by molar-refractivity contribution is 5.76. The van der Waals surface area contributed by atoms with Gasteiger partial charge in [-0.05, 0) is 232 Å². The summed E-state index contributed by atoms with van der Waals surface area (Å²) < 4.78 is 26.4. The fraction of sp³-hybridized carbons (Fsp3) is 0.309. The van der Waals surface area contributed by atoms with Gasteiger partial charge in [-0.15, -0.1) is 15.3 Å². The Bertz CT molecular complexity index is 5230. The number of nitrogens with zero attached hydrogens (tertiary/aromatic N) is 19. The molecule has 12 aromatic rings. The predicted molar refractivity (Wildman–Crippen MR) is 393 cm³/mol. The van der Waals surface area contributed by atoms with E-state index in [1.54, 1.807) is 6.33 Å². The van der Waals surface area contributed by atoms with Crippen molar-refractivity contribution in [1.29, 1.82) is 10.5 Å². The molecule has 101 heavy (non-hydrogen) atoms. The van der Waals surface area contributed by atoms with E-state index in [-0.39, 0.29) is 5.82 Å². The molecule has 7 aliphatic rings. The van der Waals surface area contributed by atoms with Gasteiger partial charge in [-0.25, -0.2) is 9.37 Å². The molecule has 20 heteroatoms. The summed E-state index contributed by atoms with van der Waals surface area (Å²) in [5, 5.41) is 39.6. The molecule has 19 rings (SSSR count). The number of hydrogen-bond acceptors (Lipinski definition) is 13. The Morgan fingerprint density at radius 3 is 1.63 bits per heavy atom. The van der Waals surface area contributed by atoms with Crippen LogP contribution in [0.4, 0.5) is 21.5 Å². The minimum atomic E-state index is -0.231. The Kier molecular flexibility index (Phi) is 15.8. The first-order valence-electron chi connectivity index (χ1n) is 35.2. The van der Waals surface area contributed by atoms with E-state index in [0.29, 0.717) is 34.5 Å². The molecule has 4 fully saturated rings. The molecule has 1 saturated carbocycles. The predicted octanol–water partition coefficient (Wildman–Crippen LogP) is 13.7. The van der Waals surface area contributed by atoms with Crippen LogP contribution in [0.5, 0.6) is 0 Å². The molecule has 1 spiro atoms. The number of rotatable bonds is 8. The number of aryl methyl sites for hydroxylation is 1. The molecule has 0 radical (unpaired) electrons. The van der Waals surface area contributed by atoms with Crippen LogP contribution in [0, 0.1) is 53.7 Å². The zero-order chi connectivity index (χ0) is 68.9. The summed E-state index contributed by atoms with van der Waals surface area (Å²) in [4.78, 5) is 17.2. The van der Waals surface area contributed by atoms with Gasteiger partial charge in [0.15, 0.2) is 11.6 Å². The number of fused-ring (bicyclic) bond motifs is 15. The summed E-state index contributed by atoms with van der Waals surface area (Å²) in [5.74, 6) is 2.95. The van der Waals surface area contributed by atoms with E-state index in [2.05, 4.69) is 226 Å². The maximum Gasteiger partial charge on any atom is 0.203 e. The number of hydrogen-bond donors (Lipinski definition) is 0. The lowest BCUT2D eigenvalue weighted by atomic mass is 9.68. The molecule has 0 amide bonds. The Hall–Kier alpha value is -11.2. The summed E-state index contributed by atoms with van der Waals surface area (Å²) in [6.45, 7) is 15.4. The van der Waals surface area contributed by atoms with Crippen molar-refractivity contribution < 1.29 is 4.39 Å². The number of likely N-dealkylation sites (N-methyl/N-ethyl adjacent to an activating group) is 2. The number of nitriles is 2. The number of halogens is 1. The molecule has 3 atom stereocenters. The maximum absolute atomic E-state index is 13.4. The first-order chi connectivity index (χ1) is 49.1. The van der Waals surface area contributed by atoms with Crippen LogP contribution in [0.25, 0.3) is 85.0 Å². The van der Waals surface area contributed by atoms with Gasteiger partial charge < -0.3 is 38.2 Å². The fourth-order valence-electron chi connectivity index (χ4n) is 16.6. The molecule has 1 aliphatic carbocycles. The van der Waals surface area contributed by atoms with E-state index >= 15 is 0 Å². The van der Waals surface area contributed by atoms with Crippen molar-refractivity contribution in [2.24, 2.45) is 11.3 Å². The van der Waals surface area contributed by atoms with Crippen molar-refractivity contribution in [3.05, 3.63) is 216 Å². The lowest BCUT2D eigenvalue weighted by Gasteiger charge is -2.38. The van der Waals surface area contributed by atoms with Crippen LogP contribution in [-0.2, 0) is 19.6 Å². The summed E-state index contributed by atoms with van der Waals surface area (Å²) in [7, 11) is 8.70. The molecule has 3 saturated heterocycles. The highest BCUT2D eigenvalue weighted by atomic mass is 19.1. The van der Waals surface area contributed by atoms with Crippen molar-refractivity contribution in [3.8, 4) is 97.1 Å². The van der Waals surface area contributed by atoms with Crippen LogP contribution in [0.15, 0.2) is 171 Å². The van der Waals surface area contributed by atoms with Crippen molar-refractivity contribution in [2.45, 2.75) is 84.6 Å². The van der Waals surface area contributed by atoms with Crippen molar-refractivity contribution in [3.63, 3.8) is 0 Å². The first-order valence-corrected chi connectivity index (χ1v) is 35.2. The van der Waals surface area contributed by atoms with Crippen LogP contribution in [-0.4, -0.2) is 148 Å². The molecule has 6 aromatic heterocycles. The van der Waals surface area contributed by atoms with Gasteiger partial charge >= 0.3 is 0 Å². The average Bonchev–Trinajstić information content (AvgIpc) is 1.61. The molecule has 506 valence electrons. The van der Waals surface area contributed by atoms with Crippen molar-refractivity contribution >= 4 is 17.1 Å². The van der Waals surface area contributed by atoms with Gasteiger partial charge in [0.05, 0.1) is 63.1 Å². The van der Waals surface area contributed by atoms with E-state index in [4.69, 9.17) is 15.5 Å². The van der Waals surface area contributed by atoms with Gasteiger partial charge in [-0.2, -0.15) is 15.2 Å². The number of anilines is 3. The molecule has 6 aliphatic heterocycles. The molecule has 12 heterocycles. The quantitative estimate of drug-likeness (QED) is 0.141. The van der Waals surface area contributed by atoms with Gasteiger partial charge in [0.25, 0.3) is 0 Å². The summed E-state index contributed by atoms with van der Waals surface area (Å²) >= 11 is 0. The third-order valence-corrected chi connectivity index (χ3v) is 22.6. The molecular formula is C81H80FN19. The largest absolute Gasteiger partial charge is 0.371 e. The zero-order valence-corrected chi connectivity index (χ0v) is 58.2.